The van der Waals surface area contributed by atoms with Crippen molar-refractivity contribution in [2.24, 2.45) is 0 Å². The van der Waals surface area contributed by atoms with Crippen LogP contribution in [0.2, 0.25) is 5.02 Å². The summed E-state index contributed by atoms with van der Waals surface area (Å²) in [6.07, 6.45) is 7.42. The predicted octanol–water partition coefficient (Wildman–Crippen LogP) is 4.81. The van der Waals surface area contributed by atoms with Crippen LogP contribution in [-0.2, 0) is 9.47 Å². The zero-order chi connectivity index (χ0) is 24.3. The van der Waals surface area contributed by atoms with Gasteiger partial charge in [-0.2, -0.15) is 10.1 Å². The molecule has 0 saturated carbocycles. The highest BCUT2D eigenvalue weighted by molar-refractivity contribution is 6.31. The molecule has 2 unspecified atom stereocenters. The van der Waals surface area contributed by atoms with E-state index in [0.717, 1.165) is 31.4 Å². The number of hydrogen-bond acceptors (Lipinski definition) is 7. The SMILES string of the molecule is COc1ccc(Cl)c(OC[C@H]2CC(c3cnn(C4CCCCO4)c3)CN2C(=O)OC(C)(C)C)n1. The first-order valence-electron chi connectivity index (χ1n) is 11.7. The van der Waals surface area contributed by atoms with Crippen molar-refractivity contribution >= 4 is 17.7 Å². The van der Waals surface area contributed by atoms with Crippen LogP contribution in [0.1, 0.15) is 64.2 Å². The summed E-state index contributed by atoms with van der Waals surface area (Å²) < 4.78 is 24.5. The van der Waals surface area contributed by atoms with Crippen LogP contribution in [-0.4, -0.2) is 64.3 Å². The van der Waals surface area contributed by atoms with Crippen molar-refractivity contribution in [2.45, 2.75) is 70.2 Å². The smallest absolute Gasteiger partial charge is 0.410 e. The van der Waals surface area contributed by atoms with Gasteiger partial charge >= 0.3 is 6.09 Å². The molecule has 0 N–H and O–H groups in total. The summed E-state index contributed by atoms with van der Waals surface area (Å²) in [5.74, 6) is 0.785. The molecule has 2 aliphatic heterocycles. The van der Waals surface area contributed by atoms with Crippen LogP contribution in [0.3, 0.4) is 0 Å². The average Bonchev–Trinajstić information content (AvgIpc) is 3.45. The number of aromatic nitrogens is 3. The molecule has 2 aliphatic rings. The van der Waals surface area contributed by atoms with Gasteiger partial charge < -0.3 is 23.8 Å². The second-order valence-electron chi connectivity index (χ2n) is 9.75. The third-order valence-corrected chi connectivity index (χ3v) is 6.28. The number of carbonyl (C=O) groups excluding carboxylic acids is 1. The number of carbonyl (C=O) groups is 1. The molecule has 4 heterocycles. The number of nitrogens with zero attached hydrogens (tertiary/aromatic N) is 4. The van der Waals surface area contributed by atoms with Gasteiger partial charge in [0.15, 0.2) is 0 Å². The van der Waals surface area contributed by atoms with E-state index in [1.54, 1.807) is 17.0 Å². The van der Waals surface area contributed by atoms with E-state index in [1.165, 1.54) is 7.11 Å². The van der Waals surface area contributed by atoms with Crippen LogP contribution in [0.4, 0.5) is 4.79 Å². The first-order chi connectivity index (χ1) is 16.2. The molecular formula is C24H33ClN4O5. The van der Waals surface area contributed by atoms with Crippen molar-refractivity contribution in [1.29, 1.82) is 0 Å². The van der Waals surface area contributed by atoms with Gasteiger partial charge in [-0.25, -0.2) is 9.48 Å². The number of rotatable bonds is 6. The Morgan fingerprint density at radius 2 is 2.12 bits per heavy atom. The largest absolute Gasteiger partial charge is 0.481 e. The van der Waals surface area contributed by atoms with E-state index >= 15 is 0 Å². The van der Waals surface area contributed by atoms with E-state index in [4.69, 9.17) is 30.5 Å². The lowest BCUT2D eigenvalue weighted by Crippen LogP contribution is -2.42. The minimum atomic E-state index is -0.596. The average molecular weight is 493 g/mol. The molecule has 0 bridgehead atoms. The molecule has 0 aliphatic carbocycles. The molecule has 2 fully saturated rings. The minimum absolute atomic E-state index is 0.0220. The van der Waals surface area contributed by atoms with Crippen molar-refractivity contribution < 1.29 is 23.7 Å². The molecule has 10 heteroatoms. The van der Waals surface area contributed by atoms with Crippen LogP contribution in [0.5, 0.6) is 11.8 Å². The Morgan fingerprint density at radius 1 is 1.29 bits per heavy atom. The number of pyridine rings is 1. The zero-order valence-corrected chi connectivity index (χ0v) is 21.0. The first-order valence-corrected chi connectivity index (χ1v) is 12.1. The summed E-state index contributed by atoms with van der Waals surface area (Å²) in [5.41, 5.74) is 0.476. The monoisotopic (exact) mass is 492 g/mol. The molecule has 2 aromatic heterocycles. The van der Waals surface area contributed by atoms with Gasteiger partial charge in [0, 0.05) is 31.3 Å². The van der Waals surface area contributed by atoms with Crippen molar-refractivity contribution in [2.75, 3.05) is 26.9 Å². The molecule has 0 radical (unpaired) electrons. The molecule has 186 valence electrons. The Labute approximate surface area is 205 Å². The molecule has 4 rings (SSSR count). The van der Waals surface area contributed by atoms with E-state index in [1.807, 2.05) is 37.8 Å². The maximum Gasteiger partial charge on any atom is 0.410 e. The number of amides is 1. The van der Waals surface area contributed by atoms with Crippen LogP contribution in [0, 0.1) is 0 Å². The molecule has 3 atom stereocenters. The molecule has 34 heavy (non-hydrogen) atoms. The highest BCUT2D eigenvalue weighted by atomic mass is 35.5. The number of likely N-dealkylation sites (tertiary alicyclic amines) is 1. The van der Waals surface area contributed by atoms with E-state index in [0.29, 0.717) is 23.9 Å². The lowest BCUT2D eigenvalue weighted by molar-refractivity contribution is -0.0395. The molecule has 2 saturated heterocycles. The van der Waals surface area contributed by atoms with E-state index < -0.39 is 5.60 Å². The van der Waals surface area contributed by atoms with E-state index in [2.05, 4.69) is 10.1 Å². The summed E-state index contributed by atoms with van der Waals surface area (Å²) in [6, 6.07) is 3.13. The maximum absolute atomic E-state index is 13.0. The van der Waals surface area contributed by atoms with Crippen molar-refractivity contribution in [3.05, 3.63) is 35.1 Å². The Bertz CT molecular complexity index is 986. The first kappa shape index (κ1) is 24.6. The van der Waals surface area contributed by atoms with E-state index in [9.17, 15) is 4.79 Å². The Balaban J connectivity index is 1.49. The highest BCUT2D eigenvalue weighted by Gasteiger charge is 2.39. The summed E-state index contributed by atoms with van der Waals surface area (Å²) in [4.78, 5) is 19.0. The van der Waals surface area contributed by atoms with Crippen molar-refractivity contribution in [1.82, 2.24) is 19.7 Å². The van der Waals surface area contributed by atoms with Crippen molar-refractivity contribution in [3.8, 4) is 11.8 Å². The molecular weight excluding hydrogens is 460 g/mol. The standard InChI is InChI=1S/C24H33ClN4O5/c1-24(2,3)34-23(30)28-13-16(17-12-26-29(14-17)21-7-5-6-10-32-21)11-18(28)15-33-22-19(25)8-9-20(27-22)31-4/h8-9,12,14,16,18,21H,5-7,10-11,13,15H2,1-4H3/t16?,18-,21?/m1/s1. The number of halogens is 1. The third-order valence-electron chi connectivity index (χ3n) is 6.00. The summed E-state index contributed by atoms with van der Waals surface area (Å²) in [5, 5.41) is 4.93. The molecule has 0 spiro atoms. The second kappa shape index (κ2) is 10.4. The summed E-state index contributed by atoms with van der Waals surface area (Å²) in [6.45, 7) is 7.08. The fourth-order valence-electron chi connectivity index (χ4n) is 4.31. The zero-order valence-electron chi connectivity index (χ0n) is 20.2. The Morgan fingerprint density at radius 3 is 2.82 bits per heavy atom. The number of hydrogen-bond donors (Lipinski definition) is 0. The van der Waals surface area contributed by atoms with Gasteiger partial charge in [0.25, 0.3) is 0 Å². The molecule has 0 aromatic carbocycles. The van der Waals surface area contributed by atoms with Gasteiger partial charge in [-0.3, -0.25) is 0 Å². The Kier molecular flexibility index (Phi) is 7.52. The van der Waals surface area contributed by atoms with Gasteiger partial charge in [0.2, 0.25) is 11.8 Å². The number of methoxy groups -OCH3 is 1. The highest BCUT2D eigenvalue weighted by Crippen LogP contribution is 2.35. The van der Waals surface area contributed by atoms with Gasteiger partial charge in [-0.1, -0.05) is 11.6 Å². The number of ether oxygens (including phenoxy) is 4. The lowest BCUT2D eigenvalue weighted by Gasteiger charge is -2.28. The van der Waals surface area contributed by atoms with Crippen LogP contribution in [0.15, 0.2) is 24.5 Å². The normalized spacial score (nSPS) is 23.1. The quantitative estimate of drug-likeness (QED) is 0.571. The van der Waals surface area contributed by atoms with E-state index in [-0.39, 0.29) is 36.8 Å². The van der Waals surface area contributed by atoms with Gasteiger partial charge in [-0.05, 0) is 58.1 Å². The van der Waals surface area contributed by atoms with Crippen molar-refractivity contribution in [3.63, 3.8) is 0 Å². The van der Waals surface area contributed by atoms with Crippen LogP contribution in [0.25, 0.3) is 0 Å². The molecule has 2 aromatic rings. The predicted molar refractivity (Wildman–Crippen MR) is 126 cm³/mol. The second-order valence-corrected chi connectivity index (χ2v) is 10.2. The summed E-state index contributed by atoms with van der Waals surface area (Å²) >= 11 is 6.25. The van der Waals surface area contributed by atoms with Crippen LogP contribution < -0.4 is 9.47 Å². The van der Waals surface area contributed by atoms with Crippen LogP contribution >= 0.6 is 11.6 Å². The fourth-order valence-corrected chi connectivity index (χ4v) is 4.47. The molecule has 1 amide bonds. The summed E-state index contributed by atoms with van der Waals surface area (Å²) in [7, 11) is 1.53. The maximum atomic E-state index is 13.0. The topological polar surface area (TPSA) is 87.9 Å². The van der Waals surface area contributed by atoms with Gasteiger partial charge in [0.1, 0.15) is 23.5 Å². The third kappa shape index (κ3) is 5.93. The van der Waals surface area contributed by atoms with Gasteiger partial charge in [0.05, 0.1) is 19.3 Å². The Hall–Kier alpha value is -2.52. The van der Waals surface area contributed by atoms with Gasteiger partial charge in [-0.15, -0.1) is 0 Å². The lowest BCUT2D eigenvalue weighted by atomic mass is 10.00. The fraction of sp³-hybridized carbons (Fsp3) is 0.625. The minimum Gasteiger partial charge on any atom is -0.481 e. The molecule has 9 nitrogen and oxygen atoms in total.